The fourth-order valence-electron chi connectivity index (χ4n) is 2.95. The first-order chi connectivity index (χ1) is 12.5. The first kappa shape index (κ1) is 18.2. The summed E-state index contributed by atoms with van der Waals surface area (Å²) in [5.74, 6) is -0.0354. The fraction of sp³-hybridized carbons (Fsp3) is 0.400. The standard InChI is InChI=1S/C20H26N4O2/c1-16(23-10-8-18(9-11-23)22(2)3)20(25)21-17-4-6-19(7-5-17)24-12-14-26-15-13-24/h4-11,16H,12-15H2,1-3H3/p+1/t16-/m1/s1. The van der Waals surface area contributed by atoms with Crippen molar-refractivity contribution >= 4 is 23.0 Å². The average Bonchev–Trinajstić information content (AvgIpc) is 2.68. The van der Waals surface area contributed by atoms with Crippen LogP contribution >= 0.6 is 0 Å². The summed E-state index contributed by atoms with van der Waals surface area (Å²) in [5, 5.41) is 2.99. The molecule has 0 bridgehead atoms. The molecule has 2 aromatic rings. The van der Waals surface area contributed by atoms with Crippen LogP contribution in [0.1, 0.15) is 13.0 Å². The van der Waals surface area contributed by atoms with E-state index in [4.69, 9.17) is 4.74 Å². The molecule has 0 saturated carbocycles. The highest BCUT2D eigenvalue weighted by atomic mass is 16.5. The molecule has 2 heterocycles. The van der Waals surface area contributed by atoms with Crippen molar-refractivity contribution in [2.24, 2.45) is 0 Å². The Balaban J connectivity index is 1.61. The molecular formula is C20H27N4O2+. The van der Waals surface area contributed by atoms with Crippen LogP contribution in [0, 0.1) is 0 Å². The lowest BCUT2D eigenvalue weighted by Gasteiger charge is -2.28. The summed E-state index contributed by atoms with van der Waals surface area (Å²) >= 11 is 0. The van der Waals surface area contributed by atoms with Gasteiger partial charge in [0.25, 0.3) is 5.91 Å². The zero-order chi connectivity index (χ0) is 18.5. The van der Waals surface area contributed by atoms with Gasteiger partial charge in [0.15, 0.2) is 12.4 Å². The molecule has 0 radical (unpaired) electrons. The van der Waals surface area contributed by atoms with Gasteiger partial charge in [0.05, 0.1) is 13.2 Å². The molecule has 6 heteroatoms. The molecule has 1 saturated heterocycles. The molecule has 1 aromatic heterocycles. The van der Waals surface area contributed by atoms with Crippen LogP contribution in [0.5, 0.6) is 0 Å². The molecule has 1 fully saturated rings. The van der Waals surface area contributed by atoms with Crippen molar-refractivity contribution in [2.75, 3.05) is 55.5 Å². The minimum Gasteiger partial charge on any atom is -0.378 e. The maximum Gasteiger partial charge on any atom is 0.293 e. The number of hydrogen-bond acceptors (Lipinski definition) is 4. The van der Waals surface area contributed by atoms with E-state index in [0.29, 0.717) is 0 Å². The van der Waals surface area contributed by atoms with E-state index in [-0.39, 0.29) is 11.9 Å². The number of hydrogen-bond donors (Lipinski definition) is 1. The molecule has 0 spiro atoms. The summed E-state index contributed by atoms with van der Waals surface area (Å²) in [6.45, 7) is 5.23. The Labute approximate surface area is 155 Å². The number of benzene rings is 1. The van der Waals surface area contributed by atoms with Crippen LogP contribution in [0.4, 0.5) is 17.1 Å². The van der Waals surface area contributed by atoms with E-state index in [9.17, 15) is 4.79 Å². The second-order valence-corrected chi connectivity index (χ2v) is 6.71. The van der Waals surface area contributed by atoms with E-state index in [2.05, 4.69) is 10.2 Å². The highest BCUT2D eigenvalue weighted by molar-refractivity contribution is 5.92. The molecule has 1 aromatic carbocycles. The maximum absolute atomic E-state index is 12.5. The normalized spacial score (nSPS) is 15.4. The van der Waals surface area contributed by atoms with Crippen molar-refractivity contribution in [2.45, 2.75) is 13.0 Å². The Kier molecular flexibility index (Phi) is 5.73. The van der Waals surface area contributed by atoms with E-state index < -0.39 is 0 Å². The Morgan fingerprint density at radius 1 is 1.12 bits per heavy atom. The second kappa shape index (κ2) is 8.19. The number of nitrogens with zero attached hydrogens (tertiary/aromatic N) is 3. The van der Waals surface area contributed by atoms with Gasteiger partial charge in [0.1, 0.15) is 0 Å². The number of carbonyl (C=O) groups excluding carboxylic acids is 1. The minimum absolute atomic E-state index is 0.0354. The summed E-state index contributed by atoms with van der Waals surface area (Å²) < 4.78 is 7.29. The Bertz CT molecular complexity index is 722. The van der Waals surface area contributed by atoms with E-state index in [1.54, 1.807) is 0 Å². The van der Waals surface area contributed by atoms with Crippen LogP contribution in [0.2, 0.25) is 0 Å². The summed E-state index contributed by atoms with van der Waals surface area (Å²) in [5.41, 5.74) is 3.07. The molecule has 138 valence electrons. The lowest BCUT2D eigenvalue weighted by atomic mass is 10.2. The molecule has 1 amide bonds. The van der Waals surface area contributed by atoms with Gasteiger partial charge in [0.2, 0.25) is 6.04 Å². The number of aromatic nitrogens is 1. The van der Waals surface area contributed by atoms with Crippen molar-refractivity contribution in [3.05, 3.63) is 48.8 Å². The first-order valence-corrected chi connectivity index (χ1v) is 8.96. The summed E-state index contributed by atoms with van der Waals surface area (Å²) in [4.78, 5) is 16.9. The lowest BCUT2D eigenvalue weighted by Crippen LogP contribution is -2.44. The van der Waals surface area contributed by atoms with Crippen molar-refractivity contribution in [3.63, 3.8) is 0 Å². The third-order valence-electron chi connectivity index (χ3n) is 4.69. The third-order valence-corrected chi connectivity index (χ3v) is 4.69. The summed E-state index contributed by atoms with van der Waals surface area (Å²) in [6, 6.07) is 11.7. The number of morpholine rings is 1. The number of carbonyl (C=O) groups is 1. The van der Waals surface area contributed by atoms with Crippen molar-refractivity contribution < 1.29 is 14.1 Å². The van der Waals surface area contributed by atoms with Gasteiger partial charge in [-0.05, 0) is 24.3 Å². The number of rotatable bonds is 5. The number of ether oxygens (including phenoxy) is 1. The van der Waals surface area contributed by atoms with Gasteiger partial charge >= 0.3 is 0 Å². The minimum atomic E-state index is -0.287. The van der Waals surface area contributed by atoms with Gasteiger partial charge in [-0.15, -0.1) is 0 Å². The van der Waals surface area contributed by atoms with Crippen LogP contribution < -0.4 is 19.7 Å². The Morgan fingerprint density at radius 3 is 2.31 bits per heavy atom. The molecule has 1 aliphatic heterocycles. The van der Waals surface area contributed by atoms with Crippen molar-refractivity contribution in [1.29, 1.82) is 0 Å². The van der Waals surface area contributed by atoms with Gasteiger partial charge in [-0.1, -0.05) is 0 Å². The molecule has 0 unspecified atom stereocenters. The SMILES string of the molecule is C[C@H](C(=O)Nc1ccc(N2CCOCC2)cc1)[n+]1ccc(N(C)C)cc1. The molecule has 6 nitrogen and oxygen atoms in total. The topological polar surface area (TPSA) is 48.7 Å². The zero-order valence-corrected chi connectivity index (χ0v) is 15.7. The van der Waals surface area contributed by atoms with Gasteiger partial charge in [-0.2, -0.15) is 4.57 Å². The smallest absolute Gasteiger partial charge is 0.293 e. The average molecular weight is 355 g/mol. The molecule has 1 N–H and O–H groups in total. The third kappa shape index (κ3) is 4.32. The van der Waals surface area contributed by atoms with E-state index in [1.165, 1.54) is 0 Å². The lowest BCUT2D eigenvalue weighted by molar-refractivity contribution is -0.705. The Hall–Kier alpha value is -2.60. The first-order valence-electron chi connectivity index (χ1n) is 8.96. The molecule has 0 aliphatic carbocycles. The van der Waals surface area contributed by atoms with Gasteiger partial charge in [-0.25, -0.2) is 0 Å². The molecule has 1 atom stereocenters. The molecule has 1 aliphatic rings. The highest BCUT2D eigenvalue weighted by Gasteiger charge is 2.22. The number of nitrogens with one attached hydrogen (secondary N) is 1. The Morgan fingerprint density at radius 2 is 1.73 bits per heavy atom. The van der Waals surface area contributed by atoms with E-state index in [1.807, 2.05) is 79.3 Å². The predicted molar refractivity (Wildman–Crippen MR) is 104 cm³/mol. The summed E-state index contributed by atoms with van der Waals surface area (Å²) in [7, 11) is 3.99. The van der Waals surface area contributed by atoms with Gasteiger partial charge in [-0.3, -0.25) is 4.79 Å². The van der Waals surface area contributed by atoms with Crippen molar-refractivity contribution in [1.82, 2.24) is 0 Å². The predicted octanol–water partition coefficient (Wildman–Crippen LogP) is 2.08. The van der Waals surface area contributed by atoms with Gasteiger partial charge in [0, 0.05) is 63.3 Å². The fourth-order valence-corrected chi connectivity index (χ4v) is 2.95. The van der Waals surface area contributed by atoms with Gasteiger partial charge < -0.3 is 19.9 Å². The maximum atomic E-state index is 12.5. The van der Waals surface area contributed by atoms with Crippen molar-refractivity contribution in [3.8, 4) is 0 Å². The monoisotopic (exact) mass is 355 g/mol. The molecule has 26 heavy (non-hydrogen) atoms. The largest absolute Gasteiger partial charge is 0.378 e. The number of amides is 1. The quantitative estimate of drug-likeness (QED) is 0.835. The molecule has 3 rings (SSSR count). The second-order valence-electron chi connectivity index (χ2n) is 6.71. The van der Waals surface area contributed by atoms with E-state index in [0.717, 1.165) is 43.4 Å². The number of anilines is 3. The van der Waals surface area contributed by atoms with E-state index >= 15 is 0 Å². The number of pyridine rings is 1. The molecular weight excluding hydrogens is 328 g/mol. The van der Waals surface area contributed by atoms with Crippen LogP contribution in [0.3, 0.4) is 0 Å². The van der Waals surface area contributed by atoms with Crippen LogP contribution in [0.25, 0.3) is 0 Å². The zero-order valence-electron chi connectivity index (χ0n) is 15.7. The highest BCUT2D eigenvalue weighted by Crippen LogP contribution is 2.19. The van der Waals surface area contributed by atoms with Crippen LogP contribution in [0.15, 0.2) is 48.8 Å². The summed E-state index contributed by atoms with van der Waals surface area (Å²) in [6.07, 6.45) is 3.86. The van der Waals surface area contributed by atoms with Crippen LogP contribution in [-0.2, 0) is 9.53 Å². The van der Waals surface area contributed by atoms with Crippen LogP contribution in [-0.4, -0.2) is 46.3 Å².